The second-order valence-electron chi connectivity index (χ2n) is 7.19. The smallest absolute Gasteiger partial charge is 0.181 e. The molecule has 2 N–H and O–H groups in total. The van der Waals surface area contributed by atoms with Crippen LogP contribution in [0.15, 0.2) is 54.7 Å². The molecule has 2 heterocycles. The van der Waals surface area contributed by atoms with Crippen molar-refractivity contribution >= 4 is 16.7 Å². The SMILES string of the molecule is CC(C(=O)c1c[nH]c2ccccc12)N1CCC(c2ccc(O)cc2)CC1. The van der Waals surface area contributed by atoms with Crippen LogP contribution in [0.5, 0.6) is 5.75 Å². The normalized spacial score (nSPS) is 17.4. The molecule has 1 fully saturated rings. The molecule has 134 valence electrons. The third-order valence-corrected chi connectivity index (χ3v) is 5.68. The summed E-state index contributed by atoms with van der Waals surface area (Å²) >= 11 is 0. The molecule has 2 aromatic carbocycles. The average Bonchev–Trinajstić information content (AvgIpc) is 3.12. The van der Waals surface area contributed by atoms with Gasteiger partial charge in [0.05, 0.1) is 6.04 Å². The fraction of sp³-hybridized carbons (Fsp3) is 0.318. The monoisotopic (exact) mass is 348 g/mol. The lowest BCUT2D eigenvalue weighted by Crippen LogP contribution is -2.43. The van der Waals surface area contributed by atoms with Gasteiger partial charge in [-0.2, -0.15) is 0 Å². The van der Waals surface area contributed by atoms with Crippen LogP contribution in [0.25, 0.3) is 10.9 Å². The second kappa shape index (κ2) is 6.96. The lowest BCUT2D eigenvalue weighted by molar-refractivity contribution is 0.0798. The number of fused-ring (bicyclic) bond motifs is 1. The molecule has 1 unspecified atom stereocenters. The standard InChI is InChI=1S/C22H24N2O2/c1-15(22(26)20-14-23-21-5-3-2-4-19(20)21)24-12-10-17(11-13-24)16-6-8-18(25)9-7-16/h2-9,14-15,17,23,25H,10-13H2,1H3. The number of aromatic nitrogens is 1. The summed E-state index contributed by atoms with van der Waals surface area (Å²) in [6, 6.07) is 15.4. The third-order valence-electron chi connectivity index (χ3n) is 5.68. The highest BCUT2D eigenvalue weighted by Gasteiger charge is 2.28. The van der Waals surface area contributed by atoms with Gasteiger partial charge < -0.3 is 10.1 Å². The van der Waals surface area contributed by atoms with E-state index in [4.69, 9.17) is 0 Å². The molecule has 3 aromatic rings. The number of aromatic amines is 1. The number of aromatic hydroxyl groups is 1. The molecule has 0 amide bonds. The Balaban J connectivity index is 1.44. The fourth-order valence-corrected chi connectivity index (χ4v) is 4.03. The van der Waals surface area contributed by atoms with Crippen LogP contribution in [-0.4, -0.2) is 39.9 Å². The number of benzene rings is 2. The first-order valence-corrected chi connectivity index (χ1v) is 9.27. The van der Waals surface area contributed by atoms with E-state index in [1.165, 1.54) is 5.56 Å². The lowest BCUT2D eigenvalue weighted by atomic mass is 9.88. The summed E-state index contributed by atoms with van der Waals surface area (Å²) in [6.07, 6.45) is 3.92. The van der Waals surface area contributed by atoms with Gasteiger partial charge in [-0.1, -0.05) is 30.3 Å². The molecule has 4 heteroatoms. The highest BCUT2D eigenvalue weighted by Crippen LogP contribution is 2.30. The van der Waals surface area contributed by atoms with Gasteiger partial charge in [0.1, 0.15) is 5.75 Å². The van der Waals surface area contributed by atoms with E-state index in [0.29, 0.717) is 11.7 Å². The van der Waals surface area contributed by atoms with Gasteiger partial charge in [0.2, 0.25) is 0 Å². The van der Waals surface area contributed by atoms with Crippen molar-refractivity contribution in [2.24, 2.45) is 0 Å². The first-order chi connectivity index (χ1) is 12.6. The number of likely N-dealkylation sites (tertiary alicyclic amines) is 1. The predicted octanol–water partition coefficient (Wildman–Crippen LogP) is 4.32. The minimum Gasteiger partial charge on any atom is -0.508 e. The molecule has 0 bridgehead atoms. The first-order valence-electron chi connectivity index (χ1n) is 9.27. The number of Topliss-reactive ketones (excluding diaryl/α,β-unsaturated/α-hetero) is 1. The number of carbonyl (C=O) groups is 1. The Kier molecular flexibility index (Phi) is 4.51. The molecule has 26 heavy (non-hydrogen) atoms. The van der Waals surface area contributed by atoms with Crippen LogP contribution in [0, 0.1) is 0 Å². The maximum Gasteiger partial charge on any atom is 0.181 e. The summed E-state index contributed by atoms with van der Waals surface area (Å²) in [7, 11) is 0. The number of ketones is 1. The van der Waals surface area contributed by atoms with Crippen LogP contribution in [0.1, 0.15) is 41.6 Å². The van der Waals surface area contributed by atoms with Crippen LogP contribution < -0.4 is 0 Å². The van der Waals surface area contributed by atoms with E-state index in [9.17, 15) is 9.90 Å². The van der Waals surface area contributed by atoms with Crippen molar-refractivity contribution in [1.29, 1.82) is 0 Å². The predicted molar refractivity (Wildman–Crippen MR) is 104 cm³/mol. The minimum atomic E-state index is -0.116. The highest BCUT2D eigenvalue weighted by atomic mass is 16.3. The van der Waals surface area contributed by atoms with E-state index in [0.717, 1.165) is 42.4 Å². The van der Waals surface area contributed by atoms with E-state index < -0.39 is 0 Å². The van der Waals surface area contributed by atoms with Crippen molar-refractivity contribution in [3.63, 3.8) is 0 Å². The van der Waals surface area contributed by atoms with E-state index in [1.54, 1.807) is 12.1 Å². The Bertz CT molecular complexity index is 905. The molecule has 0 radical (unpaired) electrons. The number of nitrogens with zero attached hydrogens (tertiary/aromatic N) is 1. The van der Waals surface area contributed by atoms with Gasteiger partial charge in [0.25, 0.3) is 0 Å². The second-order valence-corrected chi connectivity index (χ2v) is 7.19. The topological polar surface area (TPSA) is 56.3 Å². The van der Waals surface area contributed by atoms with Crippen LogP contribution in [0.4, 0.5) is 0 Å². The fourth-order valence-electron chi connectivity index (χ4n) is 4.03. The molecule has 1 aliphatic heterocycles. The summed E-state index contributed by atoms with van der Waals surface area (Å²) in [5, 5.41) is 10.5. The summed E-state index contributed by atoms with van der Waals surface area (Å²) in [4.78, 5) is 18.5. The van der Waals surface area contributed by atoms with Gasteiger partial charge in [-0.25, -0.2) is 0 Å². The van der Waals surface area contributed by atoms with Gasteiger partial charge in [0.15, 0.2) is 5.78 Å². The summed E-state index contributed by atoms with van der Waals surface area (Å²) < 4.78 is 0. The average molecular weight is 348 g/mol. The number of nitrogens with one attached hydrogen (secondary N) is 1. The molecular formula is C22H24N2O2. The molecule has 0 saturated carbocycles. The number of hydrogen-bond donors (Lipinski definition) is 2. The number of piperidine rings is 1. The zero-order valence-electron chi connectivity index (χ0n) is 15.0. The van der Waals surface area contributed by atoms with E-state index >= 15 is 0 Å². The number of hydrogen-bond acceptors (Lipinski definition) is 3. The molecular weight excluding hydrogens is 324 g/mol. The largest absolute Gasteiger partial charge is 0.508 e. The van der Waals surface area contributed by atoms with Crippen molar-refractivity contribution in [3.8, 4) is 5.75 Å². The van der Waals surface area contributed by atoms with Crippen LogP contribution in [0.2, 0.25) is 0 Å². The molecule has 0 aliphatic carbocycles. The number of rotatable bonds is 4. The molecule has 1 aliphatic rings. The van der Waals surface area contributed by atoms with Crippen molar-refractivity contribution in [1.82, 2.24) is 9.88 Å². The van der Waals surface area contributed by atoms with Crippen molar-refractivity contribution < 1.29 is 9.90 Å². The van der Waals surface area contributed by atoms with E-state index in [2.05, 4.69) is 9.88 Å². The van der Waals surface area contributed by atoms with Crippen molar-refractivity contribution in [2.45, 2.75) is 31.7 Å². The molecule has 0 spiro atoms. The Morgan fingerprint density at radius 3 is 2.54 bits per heavy atom. The van der Waals surface area contributed by atoms with E-state index in [1.807, 2.05) is 49.5 Å². The van der Waals surface area contributed by atoms with Crippen molar-refractivity contribution in [3.05, 3.63) is 65.9 Å². The zero-order valence-corrected chi connectivity index (χ0v) is 15.0. The van der Waals surface area contributed by atoms with Gasteiger partial charge in [-0.3, -0.25) is 9.69 Å². The molecule has 1 atom stereocenters. The number of carbonyl (C=O) groups excluding carboxylic acids is 1. The Morgan fingerprint density at radius 2 is 1.81 bits per heavy atom. The lowest BCUT2D eigenvalue weighted by Gasteiger charge is -2.35. The van der Waals surface area contributed by atoms with Gasteiger partial charge in [-0.05, 0) is 62.5 Å². The van der Waals surface area contributed by atoms with Crippen LogP contribution in [-0.2, 0) is 0 Å². The first kappa shape index (κ1) is 16.9. The molecule has 4 nitrogen and oxygen atoms in total. The minimum absolute atomic E-state index is 0.116. The maximum absolute atomic E-state index is 13.0. The quantitative estimate of drug-likeness (QED) is 0.690. The van der Waals surface area contributed by atoms with Gasteiger partial charge in [0, 0.05) is 22.7 Å². The third kappa shape index (κ3) is 3.13. The van der Waals surface area contributed by atoms with Gasteiger partial charge >= 0.3 is 0 Å². The summed E-state index contributed by atoms with van der Waals surface area (Å²) in [6.45, 7) is 3.85. The Morgan fingerprint density at radius 1 is 1.12 bits per heavy atom. The maximum atomic E-state index is 13.0. The zero-order chi connectivity index (χ0) is 18.1. The number of phenols is 1. The van der Waals surface area contributed by atoms with Gasteiger partial charge in [-0.15, -0.1) is 0 Å². The Hall–Kier alpha value is -2.59. The highest BCUT2D eigenvalue weighted by molar-refractivity contribution is 6.10. The number of para-hydroxylation sites is 1. The molecule has 1 saturated heterocycles. The van der Waals surface area contributed by atoms with E-state index in [-0.39, 0.29) is 11.8 Å². The van der Waals surface area contributed by atoms with Crippen LogP contribution >= 0.6 is 0 Å². The summed E-state index contributed by atoms with van der Waals surface area (Å²) in [5.74, 6) is 0.997. The number of H-pyrrole nitrogens is 1. The van der Waals surface area contributed by atoms with Crippen molar-refractivity contribution in [2.75, 3.05) is 13.1 Å². The molecule has 4 rings (SSSR count). The number of phenolic OH excluding ortho intramolecular Hbond substituents is 1. The summed E-state index contributed by atoms with van der Waals surface area (Å²) in [5.41, 5.74) is 3.07. The Labute approximate surface area is 153 Å². The molecule has 1 aromatic heterocycles. The van der Waals surface area contributed by atoms with Crippen LogP contribution in [0.3, 0.4) is 0 Å².